The van der Waals surface area contributed by atoms with Gasteiger partial charge in [-0.1, -0.05) is 20.3 Å². The van der Waals surface area contributed by atoms with Crippen molar-refractivity contribution in [1.82, 2.24) is 14.1 Å². The Balaban J connectivity index is 0.00000264. The predicted molar refractivity (Wildman–Crippen MR) is 94.4 cm³/mol. The van der Waals surface area contributed by atoms with E-state index in [4.69, 9.17) is 5.73 Å². The maximum atomic E-state index is 13.1. The van der Waals surface area contributed by atoms with Crippen molar-refractivity contribution in [1.29, 1.82) is 0 Å². The smallest absolute Gasteiger partial charge is 0.247 e. The number of hydrogen-bond donors (Lipinski definition) is 1. The van der Waals surface area contributed by atoms with Crippen LogP contribution in [0.5, 0.6) is 0 Å². The Labute approximate surface area is 145 Å². The van der Waals surface area contributed by atoms with Crippen LogP contribution in [0.4, 0.5) is 0 Å². The SMILES string of the molecule is Cc1nn(CC(C)C)c(C)c1S(=O)(=O)N1CCCCC1CN.Cl. The minimum Gasteiger partial charge on any atom is -0.329 e. The van der Waals surface area contributed by atoms with Crippen LogP contribution in [0, 0.1) is 19.8 Å². The molecule has 1 atom stereocenters. The molecule has 1 aliphatic heterocycles. The summed E-state index contributed by atoms with van der Waals surface area (Å²) < 4.78 is 29.6. The maximum Gasteiger partial charge on any atom is 0.247 e. The molecule has 0 spiro atoms. The molecule has 6 nitrogen and oxygen atoms in total. The van der Waals surface area contributed by atoms with Gasteiger partial charge in [0.05, 0.1) is 11.4 Å². The molecule has 0 aromatic carbocycles. The average molecular weight is 365 g/mol. The number of rotatable bonds is 5. The summed E-state index contributed by atoms with van der Waals surface area (Å²) in [5, 5.41) is 4.44. The van der Waals surface area contributed by atoms with E-state index >= 15 is 0 Å². The van der Waals surface area contributed by atoms with Crippen molar-refractivity contribution in [2.24, 2.45) is 11.7 Å². The van der Waals surface area contributed by atoms with E-state index in [0.29, 0.717) is 29.6 Å². The predicted octanol–water partition coefficient (Wildman–Crippen LogP) is 2.08. The summed E-state index contributed by atoms with van der Waals surface area (Å²) >= 11 is 0. The van der Waals surface area contributed by atoms with Crippen LogP contribution in [-0.2, 0) is 16.6 Å². The minimum atomic E-state index is -3.53. The highest BCUT2D eigenvalue weighted by Gasteiger charge is 2.36. The first-order valence-corrected chi connectivity index (χ1v) is 9.49. The van der Waals surface area contributed by atoms with Crippen molar-refractivity contribution in [3.8, 4) is 0 Å². The Kier molecular flexibility index (Phi) is 7.07. The van der Waals surface area contributed by atoms with Gasteiger partial charge in [0.15, 0.2) is 0 Å². The van der Waals surface area contributed by atoms with Gasteiger partial charge in [0, 0.05) is 25.7 Å². The first kappa shape index (κ1) is 20.4. The normalized spacial score (nSPS) is 19.8. The summed E-state index contributed by atoms with van der Waals surface area (Å²) in [6, 6.07) is -0.0917. The van der Waals surface area contributed by atoms with Crippen LogP contribution < -0.4 is 5.73 Å². The quantitative estimate of drug-likeness (QED) is 0.867. The number of halogens is 1. The third-order valence-electron chi connectivity index (χ3n) is 4.27. The molecule has 1 aliphatic rings. The summed E-state index contributed by atoms with van der Waals surface area (Å²) in [6.07, 6.45) is 2.78. The van der Waals surface area contributed by atoms with Gasteiger partial charge in [-0.25, -0.2) is 8.42 Å². The molecule has 2 heterocycles. The van der Waals surface area contributed by atoms with Gasteiger partial charge in [-0.05, 0) is 32.6 Å². The summed E-state index contributed by atoms with van der Waals surface area (Å²) in [5.74, 6) is 0.417. The zero-order valence-corrected chi connectivity index (χ0v) is 16.1. The summed E-state index contributed by atoms with van der Waals surface area (Å²) in [7, 11) is -3.53. The summed E-state index contributed by atoms with van der Waals surface area (Å²) in [5.41, 5.74) is 7.10. The van der Waals surface area contributed by atoms with Gasteiger partial charge >= 0.3 is 0 Å². The van der Waals surface area contributed by atoms with Gasteiger partial charge in [0.2, 0.25) is 10.0 Å². The second-order valence-electron chi connectivity index (χ2n) is 6.58. The number of piperidine rings is 1. The highest BCUT2D eigenvalue weighted by Crippen LogP contribution is 2.29. The fourth-order valence-corrected chi connectivity index (χ4v) is 5.30. The molecule has 1 fully saturated rings. The van der Waals surface area contributed by atoms with Crippen LogP contribution >= 0.6 is 12.4 Å². The molecule has 1 unspecified atom stereocenters. The van der Waals surface area contributed by atoms with E-state index in [9.17, 15) is 8.42 Å². The largest absolute Gasteiger partial charge is 0.329 e. The van der Waals surface area contributed by atoms with Gasteiger partial charge < -0.3 is 5.73 Å². The Morgan fingerprint density at radius 2 is 1.96 bits per heavy atom. The molecule has 1 aromatic heterocycles. The first-order valence-electron chi connectivity index (χ1n) is 8.05. The summed E-state index contributed by atoms with van der Waals surface area (Å²) in [6.45, 7) is 9.46. The lowest BCUT2D eigenvalue weighted by Crippen LogP contribution is -2.47. The van der Waals surface area contributed by atoms with Crippen molar-refractivity contribution >= 4 is 22.4 Å². The lowest BCUT2D eigenvalue weighted by molar-refractivity contribution is 0.257. The van der Waals surface area contributed by atoms with E-state index in [1.54, 1.807) is 11.2 Å². The van der Waals surface area contributed by atoms with Crippen LogP contribution in [-0.4, -0.2) is 41.6 Å². The Bertz CT molecular complexity index is 628. The zero-order chi connectivity index (χ0) is 16.5. The van der Waals surface area contributed by atoms with Crippen LogP contribution in [0.3, 0.4) is 0 Å². The van der Waals surface area contributed by atoms with Crippen molar-refractivity contribution in [2.45, 2.75) is 64.4 Å². The molecular formula is C15H29ClN4O2S. The third kappa shape index (κ3) is 4.07. The molecule has 134 valence electrons. The second kappa shape index (κ2) is 7.96. The Morgan fingerprint density at radius 1 is 1.30 bits per heavy atom. The van der Waals surface area contributed by atoms with E-state index in [-0.39, 0.29) is 18.4 Å². The van der Waals surface area contributed by atoms with Crippen LogP contribution in [0.25, 0.3) is 0 Å². The van der Waals surface area contributed by atoms with E-state index < -0.39 is 10.0 Å². The molecule has 0 aliphatic carbocycles. The molecule has 1 aromatic rings. The molecule has 0 bridgehead atoms. The second-order valence-corrected chi connectivity index (χ2v) is 8.40. The number of hydrogen-bond acceptors (Lipinski definition) is 4. The third-order valence-corrected chi connectivity index (χ3v) is 6.47. The van der Waals surface area contributed by atoms with E-state index in [0.717, 1.165) is 31.5 Å². The molecule has 2 rings (SSSR count). The lowest BCUT2D eigenvalue weighted by atomic mass is 10.1. The van der Waals surface area contributed by atoms with Crippen LogP contribution in [0.1, 0.15) is 44.5 Å². The van der Waals surface area contributed by atoms with Gasteiger partial charge in [-0.15, -0.1) is 12.4 Å². The highest BCUT2D eigenvalue weighted by molar-refractivity contribution is 7.89. The number of sulfonamides is 1. The first-order chi connectivity index (χ1) is 10.3. The van der Waals surface area contributed by atoms with Gasteiger partial charge in [-0.3, -0.25) is 4.68 Å². The van der Waals surface area contributed by atoms with Crippen molar-refractivity contribution < 1.29 is 8.42 Å². The van der Waals surface area contributed by atoms with Crippen molar-refractivity contribution in [2.75, 3.05) is 13.1 Å². The van der Waals surface area contributed by atoms with Gasteiger partial charge in [0.25, 0.3) is 0 Å². The van der Waals surface area contributed by atoms with E-state index in [1.807, 2.05) is 11.6 Å². The standard InChI is InChI=1S/C15H28N4O2S.ClH/c1-11(2)10-18-13(4)15(12(3)17-18)22(20,21)19-8-6-5-7-14(19)9-16;/h11,14H,5-10,16H2,1-4H3;1H. The van der Waals surface area contributed by atoms with E-state index in [1.165, 1.54) is 0 Å². The number of nitrogens with two attached hydrogens (primary N) is 1. The number of aryl methyl sites for hydroxylation is 1. The van der Waals surface area contributed by atoms with Crippen LogP contribution in [0.2, 0.25) is 0 Å². The highest BCUT2D eigenvalue weighted by atomic mass is 35.5. The number of nitrogens with zero attached hydrogens (tertiary/aromatic N) is 3. The lowest BCUT2D eigenvalue weighted by Gasteiger charge is -2.33. The van der Waals surface area contributed by atoms with Gasteiger partial charge in [-0.2, -0.15) is 9.40 Å². The van der Waals surface area contributed by atoms with Crippen LogP contribution in [0.15, 0.2) is 4.90 Å². The molecule has 23 heavy (non-hydrogen) atoms. The molecule has 2 N–H and O–H groups in total. The maximum absolute atomic E-state index is 13.1. The zero-order valence-electron chi connectivity index (χ0n) is 14.4. The van der Waals surface area contributed by atoms with Crippen molar-refractivity contribution in [3.63, 3.8) is 0 Å². The molecule has 0 amide bonds. The van der Waals surface area contributed by atoms with Crippen molar-refractivity contribution in [3.05, 3.63) is 11.4 Å². The van der Waals surface area contributed by atoms with E-state index in [2.05, 4.69) is 18.9 Å². The summed E-state index contributed by atoms with van der Waals surface area (Å²) in [4.78, 5) is 0.369. The molecule has 0 radical (unpaired) electrons. The fraction of sp³-hybridized carbons (Fsp3) is 0.800. The molecule has 0 saturated carbocycles. The Morgan fingerprint density at radius 3 is 2.52 bits per heavy atom. The monoisotopic (exact) mass is 364 g/mol. The molecule has 8 heteroatoms. The average Bonchev–Trinajstić information content (AvgIpc) is 2.73. The molecule has 1 saturated heterocycles. The Hall–Kier alpha value is -0.630. The minimum absolute atomic E-state index is 0. The molecular weight excluding hydrogens is 336 g/mol. The van der Waals surface area contributed by atoms with Gasteiger partial charge in [0.1, 0.15) is 4.90 Å². The topological polar surface area (TPSA) is 81.2 Å². The fourth-order valence-electron chi connectivity index (χ4n) is 3.22. The number of aromatic nitrogens is 2.